The predicted octanol–water partition coefficient (Wildman–Crippen LogP) is 16.5. The van der Waals surface area contributed by atoms with Crippen LogP contribution in [0.5, 0.6) is 0 Å². The van der Waals surface area contributed by atoms with Crippen molar-refractivity contribution in [2.75, 3.05) is 0 Å². The highest BCUT2D eigenvalue weighted by Crippen LogP contribution is 2.35. The van der Waals surface area contributed by atoms with Gasteiger partial charge < -0.3 is 0 Å². The molecule has 0 bridgehead atoms. The number of fused-ring (bicyclic) bond motifs is 4. The Morgan fingerprint density at radius 1 is 0.636 bits per heavy atom. The number of benzene rings is 8. The molecule has 4 nitrogen and oxygen atoms in total. The fourth-order valence-corrected chi connectivity index (χ4v) is 7.95. The van der Waals surface area contributed by atoms with Crippen LogP contribution in [-0.4, -0.2) is 23.4 Å². The largest absolute Gasteiger partial charge is 0.282 e. The quantitative estimate of drug-likeness (QED) is 0.0876. The number of para-hydroxylation sites is 1. The zero-order valence-electron chi connectivity index (χ0n) is 38.2. The van der Waals surface area contributed by atoms with Crippen LogP contribution in [0.25, 0.3) is 72.1 Å². The highest BCUT2D eigenvalue weighted by atomic mass is 32.1. The van der Waals surface area contributed by atoms with E-state index in [9.17, 15) is 0 Å². The van der Waals surface area contributed by atoms with Crippen molar-refractivity contribution >= 4 is 92.8 Å². The van der Waals surface area contributed by atoms with E-state index in [2.05, 4.69) is 164 Å². The van der Waals surface area contributed by atoms with Gasteiger partial charge in [-0.2, -0.15) is 13.5 Å². The van der Waals surface area contributed by atoms with Crippen LogP contribution in [0.3, 0.4) is 0 Å². The Kier molecular flexibility index (Phi) is 16.5. The van der Waals surface area contributed by atoms with Crippen LogP contribution in [-0.2, 0) is 6.42 Å². The van der Waals surface area contributed by atoms with Gasteiger partial charge in [0.05, 0.1) is 5.52 Å². The van der Waals surface area contributed by atoms with Gasteiger partial charge in [-0.15, -0.1) is 0 Å². The van der Waals surface area contributed by atoms with E-state index in [1.165, 1.54) is 27.3 Å². The Labute approximate surface area is 396 Å². The monoisotopic (exact) mass is 876 g/mol. The molecule has 1 heterocycles. The minimum absolute atomic E-state index is 0. The molecule has 0 amide bonds. The summed E-state index contributed by atoms with van der Waals surface area (Å²) in [5.41, 5.74) is 11.4. The van der Waals surface area contributed by atoms with Gasteiger partial charge in [-0.05, 0) is 129 Å². The third-order valence-electron chi connectivity index (χ3n) is 11.3. The van der Waals surface area contributed by atoms with Gasteiger partial charge in [0.2, 0.25) is 0 Å². The minimum Gasteiger partial charge on any atom is -0.282 e. The molecular weight excluding hydrogens is 821 g/mol. The fourth-order valence-electron chi connectivity index (χ4n) is 7.95. The normalized spacial score (nSPS) is 11.5. The molecule has 0 aliphatic heterocycles. The standard InChI is InChI=1S/C48H38N4.C11H10.C2H6.H2S/c1-5-34-30-45(44-17-11-10-16-43(44)42(34)6-2)36-22-19-33(20-23-36)21-24-38(41-29-39-15-9-12-18-46(39)51-31-41)27-32(3)48(50-4)52-47(49)40-26-25-35-13-7-8-14-37(35)28-40;1-9-6-7-10-4-2-3-5-11(10)8-9;1-2;/h5-20,22-31,49H,1-2,4,21H2,3H3;2-8H,1H3;1-2H3;1H2/b32-27+,38-24+,49-47?,52-48?;;;. The molecule has 0 saturated heterocycles. The molecule has 0 saturated carbocycles. The van der Waals surface area contributed by atoms with Gasteiger partial charge >= 0.3 is 0 Å². The summed E-state index contributed by atoms with van der Waals surface area (Å²) in [7, 11) is 0. The number of rotatable bonds is 9. The first kappa shape index (κ1) is 47.7. The van der Waals surface area contributed by atoms with Gasteiger partial charge in [-0.25, -0.2) is 9.98 Å². The van der Waals surface area contributed by atoms with Crippen molar-refractivity contribution in [1.29, 1.82) is 5.41 Å². The SMILES string of the molecule is C=Cc1cc(-c2ccc(C/C=C(\C=C(/C)C(N=C)=NC(=N)c3ccc4ccccc4c3)c3cnc4ccccc4c3)cc2)c2ccccc2c1C=C.CC.Cc1ccc2ccccc2c1.S. The number of pyridine rings is 1. The first-order valence-corrected chi connectivity index (χ1v) is 22.0. The number of aliphatic imine (C=N–C) groups is 2. The molecule has 0 radical (unpaired) electrons. The van der Waals surface area contributed by atoms with E-state index in [1.54, 1.807) is 0 Å². The number of nitrogens with zero attached hydrogens (tertiary/aromatic N) is 3. The Bertz CT molecular complexity index is 3300. The maximum absolute atomic E-state index is 8.79. The summed E-state index contributed by atoms with van der Waals surface area (Å²) < 4.78 is 0. The number of nitrogens with one attached hydrogen (secondary N) is 1. The molecule has 1 aromatic heterocycles. The lowest BCUT2D eigenvalue weighted by molar-refractivity contribution is 1.27. The van der Waals surface area contributed by atoms with E-state index in [0.29, 0.717) is 12.3 Å². The van der Waals surface area contributed by atoms with Crippen molar-refractivity contribution in [3.8, 4) is 11.1 Å². The first-order chi connectivity index (χ1) is 31.8. The molecule has 0 fully saturated rings. The van der Waals surface area contributed by atoms with Crippen molar-refractivity contribution < 1.29 is 0 Å². The summed E-state index contributed by atoms with van der Waals surface area (Å²) >= 11 is 0. The van der Waals surface area contributed by atoms with Crippen LogP contribution in [0.1, 0.15) is 54.2 Å². The summed E-state index contributed by atoms with van der Waals surface area (Å²) in [6, 6.07) is 58.6. The van der Waals surface area contributed by atoms with Crippen molar-refractivity contribution in [3.05, 3.63) is 240 Å². The summed E-state index contributed by atoms with van der Waals surface area (Å²) in [4.78, 5) is 13.6. The van der Waals surface area contributed by atoms with Crippen LogP contribution in [0.4, 0.5) is 0 Å². The van der Waals surface area contributed by atoms with E-state index in [-0.39, 0.29) is 19.3 Å². The van der Waals surface area contributed by atoms with Crippen LogP contribution < -0.4 is 0 Å². The van der Waals surface area contributed by atoms with Gasteiger partial charge in [0.25, 0.3) is 0 Å². The zero-order chi connectivity index (χ0) is 45.7. The lowest BCUT2D eigenvalue weighted by atomic mass is 9.90. The van der Waals surface area contributed by atoms with E-state index in [0.717, 1.165) is 71.6 Å². The maximum Gasteiger partial charge on any atom is 0.156 e. The predicted molar refractivity (Wildman–Crippen MR) is 295 cm³/mol. The first-order valence-electron chi connectivity index (χ1n) is 22.0. The van der Waals surface area contributed by atoms with Crippen molar-refractivity contribution in [2.24, 2.45) is 9.98 Å². The van der Waals surface area contributed by atoms with Gasteiger partial charge in [0.1, 0.15) is 0 Å². The highest BCUT2D eigenvalue weighted by Gasteiger charge is 2.12. The number of amidine groups is 2. The molecule has 326 valence electrons. The second-order valence-corrected chi connectivity index (χ2v) is 15.5. The smallest absolute Gasteiger partial charge is 0.156 e. The Morgan fingerprint density at radius 3 is 1.89 bits per heavy atom. The van der Waals surface area contributed by atoms with Gasteiger partial charge in [-0.3, -0.25) is 10.4 Å². The second-order valence-electron chi connectivity index (χ2n) is 15.5. The number of hydrogen-bond acceptors (Lipinski definition) is 2. The Hall–Kier alpha value is -7.73. The fraction of sp³-hybridized carbons (Fsp3) is 0.0820. The Balaban J connectivity index is 0.000000444. The summed E-state index contributed by atoms with van der Waals surface area (Å²) in [6.07, 6.45) is 10.7. The molecule has 0 aliphatic carbocycles. The summed E-state index contributed by atoms with van der Waals surface area (Å²) in [6.45, 7) is 20.0. The molecule has 0 unspecified atom stereocenters. The number of aromatic nitrogens is 1. The van der Waals surface area contributed by atoms with E-state index >= 15 is 0 Å². The van der Waals surface area contributed by atoms with E-state index < -0.39 is 0 Å². The molecule has 0 atom stereocenters. The highest BCUT2D eigenvalue weighted by molar-refractivity contribution is 7.59. The van der Waals surface area contributed by atoms with Gasteiger partial charge in [-0.1, -0.05) is 196 Å². The topological polar surface area (TPSA) is 61.5 Å². The molecule has 9 aromatic rings. The lowest BCUT2D eigenvalue weighted by Crippen LogP contribution is -2.04. The minimum atomic E-state index is 0. The third-order valence-corrected chi connectivity index (χ3v) is 11.3. The van der Waals surface area contributed by atoms with Crippen LogP contribution >= 0.6 is 13.5 Å². The molecule has 0 spiro atoms. The van der Waals surface area contributed by atoms with Gasteiger partial charge in [0.15, 0.2) is 11.7 Å². The number of hydrogen-bond donors (Lipinski definition) is 1. The average molecular weight is 877 g/mol. The maximum atomic E-state index is 8.79. The Morgan fingerprint density at radius 2 is 1.23 bits per heavy atom. The molecule has 66 heavy (non-hydrogen) atoms. The van der Waals surface area contributed by atoms with Crippen LogP contribution in [0.15, 0.2) is 217 Å². The van der Waals surface area contributed by atoms with Crippen LogP contribution in [0, 0.1) is 12.3 Å². The second kappa shape index (κ2) is 22.8. The molecule has 0 aliphatic rings. The van der Waals surface area contributed by atoms with E-state index in [1.807, 2.05) is 93.7 Å². The third kappa shape index (κ3) is 11.1. The summed E-state index contributed by atoms with van der Waals surface area (Å²) in [5, 5.41) is 17.0. The lowest BCUT2D eigenvalue weighted by Gasteiger charge is -2.13. The average Bonchev–Trinajstić information content (AvgIpc) is 3.36. The zero-order valence-corrected chi connectivity index (χ0v) is 39.2. The van der Waals surface area contributed by atoms with Gasteiger partial charge in [0, 0.05) is 22.7 Å². The molecule has 5 heteroatoms. The number of allylic oxidation sites excluding steroid dienone is 3. The summed E-state index contributed by atoms with van der Waals surface area (Å²) in [5.74, 6) is 0.529. The van der Waals surface area contributed by atoms with E-state index in [4.69, 9.17) is 10.4 Å². The molecule has 8 aromatic carbocycles. The van der Waals surface area contributed by atoms with Crippen molar-refractivity contribution in [2.45, 2.75) is 34.1 Å². The molecule has 9 rings (SSSR count). The van der Waals surface area contributed by atoms with Crippen molar-refractivity contribution in [1.82, 2.24) is 4.98 Å². The molecular formula is C61H56N4S. The van der Waals surface area contributed by atoms with Crippen molar-refractivity contribution in [3.63, 3.8) is 0 Å². The van der Waals surface area contributed by atoms with Crippen LogP contribution in [0.2, 0.25) is 0 Å². The number of aryl methyl sites for hydroxylation is 1. The molecule has 1 N–H and O–H groups in total.